The molecule has 0 aliphatic heterocycles. The fourth-order valence-electron chi connectivity index (χ4n) is 3.50. The molecule has 1 aliphatic carbocycles. The number of nitrogens with zero attached hydrogens (tertiary/aromatic N) is 2. The maximum absolute atomic E-state index is 12.2. The third-order valence-corrected chi connectivity index (χ3v) is 4.78. The van der Waals surface area contributed by atoms with Gasteiger partial charge in [-0.3, -0.25) is 4.68 Å². The number of amides is 2. The Morgan fingerprint density at radius 3 is 2.64 bits per heavy atom. The van der Waals surface area contributed by atoms with Crippen LogP contribution in [-0.4, -0.2) is 35.1 Å². The summed E-state index contributed by atoms with van der Waals surface area (Å²) >= 11 is 0. The van der Waals surface area contributed by atoms with Gasteiger partial charge in [-0.1, -0.05) is 25.3 Å². The van der Waals surface area contributed by atoms with Crippen molar-refractivity contribution in [2.45, 2.75) is 58.5 Å². The summed E-state index contributed by atoms with van der Waals surface area (Å²) in [6.07, 6.45) is 9.27. The van der Waals surface area contributed by atoms with E-state index >= 15 is 0 Å². The van der Waals surface area contributed by atoms with Crippen LogP contribution >= 0.6 is 0 Å². The van der Waals surface area contributed by atoms with E-state index in [4.69, 9.17) is 9.47 Å². The maximum atomic E-state index is 12.2. The molecular weight excluding hydrogens is 356 g/mol. The minimum Gasteiger partial charge on any atom is -0.490 e. The first-order chi connectivity index (χ1) is 13.7. The lowest BCUT2D eigenvalue weighted by Crippen LogP contribution is -2.38. The van der Waals surface area contributed by atoms with E-state index in [1.165, 1.54) is 19.3 Å². The Bertz CT molecular complexity index is 769. The predicted molar refractivity (Wildman–Crippen MR) is 109 cm³/mol. The molecule has 0 unspecified atom stereocenters. The van der Waals surface area contributed by atoms with Gasteiger partial charge in [0.25, 0.3) is 0 Å². The van der Waals surface area contributed by atoms with Crippen molar-refractivity contribution in [2.75, 3.05) is 18.5 Å². The average molecular weight is 386 g/mol. The zero-order chi connectivity index (χ0) is 19.8. The second kappa shape index (κ2) is 10.0. The molecule has 0 atom stereocenters. The van der Waals surface area contributed by atoms with Gasteiger partial charge in [0.05, 0.1) is 31.6 Å². The minimum atomic E-state index is -0.161. The van der Waals surface area contributed by atoms with Gasteiger partial charge >= 0.3 is 6.03 Å². The molecule has 1 aliphatic rings. The number of nitrogens with one attached hydrogen (secondary N) is 2. The van der Waals surface area contributed by atoms with Gasteiger partial charge in [0.15, 0.2) is 11.5 Å². The Labute approximate surface area is 166 Å². The summed E-state index contributed by atoms with van der Waals surface area (Å²) in [4.78, 5) is 12.2. The van der Waals surface area contributed by atoms with Crippen LogP contribution in [0, 0.1) is 0 Å². The zero-order valence-corrected chi connectivity index (χ0v) is 16.7. The molecule has 1 aromatic carbocycles. The summed E-state index contributed by atoms with van der Waals surface area (Å²) in [5.74, 6) is 1.48. The third kappa shape index (κ3) is 5.65. The van der Waals surface area contributed by atoms with Crippen molar-refractivity contribution in [3.8, 4) is 11.5 Å². The van der Waals surface area contributed by atoms with Crippen molar-refractivity contribution in [3.05, 3.63) is 36.2 Å². The number of urea groups is 1. The Kier molecular flexibility index (Phi) is 7.17. The van der Waals surface area contributed by atoms with Crippen molar-refractivity contribution < 1.29 is 14.3 Å². The number of carbonyl (C=O) groups is 1. The fourth-order valence-corrected chi connectivity index (χ4v) is 3.50. The fraction of sp³-hybridized carbons (Fsp3) is 0.524. The van der Waals surface area contributed by atoms with Crippen LogP contribution < -0.4 is 20.1 Å². The number of hydrogen-bond acceptors (Lipinski definition) is 4. The summed E-state index contributed by atoms with van der Waals surface area (Å²) in [5, 5.41) is 10.3. The predicted octanol–water partition coefficient (Wildman–Crippen LogP) is 4.18. The summed E-state index contributed by atoms with van der Waals surface area (Å²) < 4.78 is 13.1. The lowest BCUT2D eigenvalue weighted by atomic mass is 9.96. The summed E-state index contributed by atoms with van der Waals surface area (Å²) in [7, 11) is 0. The van der Waals surface area contributed by atoms with E-state index in [0.717, 1.165) is 29.9 Å². The topological polar surface area (TPSA) is 77.4 Å². The van der Waals surface area contributed by atoms with Gasteiger partial charge in [-0.2, -0.15) is 5.10 Å². The SMILES string of the molecule is CCOc1ccc(Cn2cc(NC(=O)NC3CCCCC3)cn2)cc1OCC. The standard InChI is InChI=1S/C21H30N4O3/c1-3-27-19-11-10-16(12-20(19)28-4-2)14-25-15-18(13-22-25)24-21(26)23-17-8-6-5-7-9-17/h10-13,15,17H,3-9,14H2,1-2H3,(H2,23,24,26). The summed E-state index contributed by atoms with van der Waals surface area (Å²) in [6, 6.07) is 6.01. The van der Waals surface area contributed by atoms with E-state index < -0.39 is 0 Å². The number of carbonyl (C=O) groups excluding carboxylic acids is 1. The van der Waals surface area contributed by atoms with Crippen molar-refractivity contribution in [1.82, 2.24) is 15.1 Å². The first kappa shape index (κ1) is 20.0. The van der Waals surface area contributed by atoms with Crippen molar-refractivity contribution >= 4 is 11.7 Å². The number of anilines is 1. The Hall–Kier alpha value is -2.70. The molecule has 7 nitrogen and oxygen atoms in total. The van der Waals surface area contributed by atoms with Crippen LogP contribution in [0.2, 0.25) is 0 Å². The number of hydrogen-bond donors (Lipinski definition) is 2. The van der Waals surface area contributed by atoms with Crippen LogP contribution in [0.15, 0.2) is 30.6 Å². The molecule has 3 rings (SSSR count). The lowest BCUT2D eigenvalue weighted by molar-refractivity contribution is 0.244. The van der Waals surface area contributed by atoms with E-state index in [9.17, 15) is 4.79 Å². The van der Waals surface area contributed by atoms with Crippen LogP contribution in [0.5, 0.6) is 11.5 Å². The molecule has 152 valence electrons. The number of ether oxygens (including phenoxy) is 2. The van der Waals surface area contributed by atoms with Gasteiger partial charge < -0.3 is 20.1 Å². The molecule has 1 heterocycles. The van der Waals surface area contributed by atoms with E-state index in [0.29, 0.717) is 25.4 Å². The van der Waals surface area contributed by atoms with Gasteiger partial charge in [-0.25, -0.2) is 4.79 Å². The van der Waals surface area contributed by atoms with Gasteiger partial charge in [0.2, 0.25) is 0 Å². The van der Waals surface area contributed by atoms with Crippen molar-refractivity contribution in [3.63, 3.8) is 0 Å². The van der Waals surface area contributed by atoms with Crippen LogP contribution in [0.25, 0.3) is 0 Å². The molecule has 0 saturated heterocycles. The number of benzene rings is 1. The Balaban J connectivity index is 1.57. The van der Waals surface area contributed by atoms with Crippen LogP contribution in [0.1, 0.15) is 51.5 Å². The molecule has 2 N–H and O–H groups in total. The van der Waals surface area contributed by atoms with Gasteiger partial charge in [0.1, 0.15) is 0 Å². The highest BCUT2D eigenvalue weighted by Gasteiger charge is 2.16. The molecule has 1 saturated carbocycles. The van der Waals surface area contributed by atoms with Gasteiger partial charge in [-0.05, 0) is 44.4 Å². The second-order valence-electron chi connectivity index (χ2n) is 7.01. The van der Waals surface area contributed by atoms with E-state index in [2.05, 4.69) is 15.7 Å². The Morgan fingerprint density at radius 1 is 1.14 bits per heavy atom. The average Bonchev–Trinajstić information content (AvgIpc) is 3.11. The third-order valence-electron chi connectivity index (χ3n) is 4.78. The van der Waals surface area contributed by atoms with E-state index in [1.807, 2.05) is 38.2 Å². The molecule has 1 aromatic heterocycles. The molecule has 0 bridgehead atoms. The molecule has 0 spiro atoms. The normalized spacial score (nSPS) is 14.5. The zero-order valence-electron chi connectivity index (χ0n) is 16.7. The van der Waals surface area contributed by atoms with E-state index in [1.54, 1.807) is 10.9 Å². The van der Waals surface area contributed by atoms with Crippen LogP contribution in [0.4, 0.5) is 10.5 Å². The largest absolute Gasteiger partial charge is 0.490 e. The first-order valence-corrected chi connectivity index (χ1v) is 10.2. The highest BCUT2D eigenvalue weighted by atomic mass is 16.5. The molecule has 7 heteroatoms. The maximum Gasteiger partial charge on any atom is 0.319 e. The highest BCUT2D eigenvalue weighted by molar-refractivity contribution is 5.89. The number of aromatic nitrogens is 2. The number of rotatable bonds is 8. The second-order valence-corrected chi connectivity index (χ2v) is 7.01. The monoisotopic (exact) mass is 386 g/mol. The lowest BCUT2D eigenvalue weighted by Gasteiger charge is -2.22. The van der Waals surface area contributed by atoms with Gasteiger partial charge in [0, 0.05) is 12.2 Å². The van der Waals surface area contributed by atoms with Gasteiger partial charge in [-0.15, -0.1) is 0 Å². The molecule has 28 heavy (non-hydrogen) atoms. The molecular formula is C21H30N4O3. The Morgan fingerprint density at radius 2 is 1.89 bits per heavy atom. The highest BCUT2D eigenvalue weighted by Crippen LogP contribution is 2.29. The smallest absolute Gasteiger partial charge is 0.319 e. The molecule has 2 aromatic rings. The van der Waals surface area contributed by atoms with Crippen molar-refractivity contribution in [2.24, 2.45) is 0 Å². The summed E-state index contributed by atoms with van der Waals surface area (Å²) in [6.45, 7) is 5.66. The molecule has 1 fully saturated rings. The van der Waals surface area contributed by atoms with Crippen LogP contribution in [0.3, 0.4) is 0 Å². The summed E-state index contributed by atoms with van der Waals surface area (Å²) in [5.41, 5.74) is 1.73. The first-order valence-electron chi connectivity index (χ1n) is 10.2. The van der Waals surface area contributed by atoms with Crippen molar-refractivity contribution in [1.29, 1.82) is 0 Å². The molecule has 0 radical (unpaired) electrons. The molecule has 2 amide bonds. The minimum absolute atomic E-state index is 0.161. The van der Waals surface area contributed by atoms with E-state index in [-0.39, 0.29) is 12.1 Å². The quantitative estimate of drug-likeness (QED) is 0.713. The van der Waals surface area contributed by atoms with Crippen LogP contribution in [-0.2, 0) is 6.54 Å².